The van der Waals surface area contributed by atoms with E-state index in [0.717, 1.165) is 46.5 Å². The number of benzene rings is 3. The molecular formula is C32H32N8O2. The lowest BCUT2D eigenvalue weighted by molar-refractivity contribution is 0.579. The third kappa shape index (κ3) is 4.85. The average molecular weight is 561 g/mol. The highest BCUT2D eigenvalue weighted by Gasteiger charge is 2.23. The second-order valence-corrected chi connectivity index (χ2v) is 10.5. The van der Waals surface area contributed by atoms with Gasteiger partial charge in [0.15, 0.2) is 17.0 Å². The number of hydrogen-bond acceptors (Lipinski definition) is 6. The maximum atomic E-state index is 13.6. The third-order valence-corrected chi connectivity index (χ3v) is 7.81. The van der Waals surface area contributed by atoms with E-state index in [9.17, 15) is 9.59 Å². The molecule has 1 unspecified atom stereocenters. The molecule has 3 aromatic carbocycles. The number of unbranched alkanes of at least 4 members (excludes halogenated alkanes) is 1. The van der Waals surface area contributed by atoms with Crippen molar-refractivity contribution >= 4 is 11.2 Å². The second kappa shape index (κ2) is 11.4. The molecule has 212 valence electrons. The molecule has 1 N–H and O–H groups in total. The molecule has 3 aromatic heterocycles. The summed E-state index contributed by atoms with van der Waals surface area (Å²) in [6.45, 7) is 4.55. The average Bonchev–Trinajstić information content (AvgIpc) is 3.69. The predicted molar refractivity (Wildman–Crippen MR) is 162 cm³/mol. The number of tetrazole rings is 1. The highest BCUT2D eigenvalue weighted by atomic mass is 16.2. The van der Waals surface area contributed by atoms with E-state index in [-0.39, 0.29) is 17.3 Å². The Balaban J connectivity index is 1.44. The van der Waals surface area contributed by atoms with Crippen molar-refractivity contribution in [2.45, 2.75) is 45.7 Å². The van der Waals surface area contributed by atoms with Crippen molar-refractivity contribution < 1.29 is 0 Å². The first-order valence-electron chi connectivity index (χ1n) is 14.2. The smallest absolute Gasteiger partial charge is 0.318 e. The van der Waals surface area contributed by atoms with Crippen LogP contribution in [0, 0.1) is 0 Å². The Kier molecular flexibility index (Phi) is 7.35. The fourth-order valence-electron chi connectivity index (χ4n) is 5.47. The van der Waals surface area contributed by atoms with Crippen LogP contribution in [0.1, 0.15) is 49.7 Å². The highest BCUT2D eigenvalue weighted by molar-refractivity contribution is 5.80. The van der Waals surface area contributed by atoms with E-state index in [1.165, 1.54) is 11.6 Å². The van der Waals surface area contributed by atoms with E-state index < -0.39 is 0 Å². The van der Waals surface area contributed by atoms with Crippen molar-refractivity contribution in [2.75, 3.05) is 0 Å². The van der Waals surface area contributed by atoms with Crippen LogP contribution < -0.4 is 11.2 Å². The summed E-state index contributed by atoms with van der Waals surface area (Å²) < 4.78 is 4.84. The molecule has 1 atom stereocenters. The molecule has 10 nitrogen and oxygen atoms in total. The largest absolute Gasteiger partial charge is 0.333 e. The number of imidazole rings is 1. The first-order chi connectivity index (χ1) is 20.5. The second-order valence-electron chi connectivity index (χ2n) is 10.5. The van der Waals surface area contributed by atoms with Crippen LogP contribution in [0.5, 0.6) is 0 Å². The molecule has 0 aliphatic heterocycles. The van der Waals surface area contributed by atoms with Crippen LogP contribution in [0.2, 0.25) is 0 Å². The van der Waals surface area contributed by atoms with Crippen molar-refractivity contribution in [1.29, 1.82) is 0 Å². The number of hydrogen-bond donors (Lipinski definition) is 1. The summed E-state index contributed by atoms with van der Waals surface area (Å²) in [6, 6.07) is 25.7. The van der Waals surface area contributed by atoms with E-state index in [0.29, 0.717) is 30.0 Å². The van der Waals surface area contributed by atoms with Gasteiger partial charge in [-0.3, -0.25) is 13.9 Å². The van der Waals surface area contributed by atoms with Gasteiger partial charge in [-0.1, -0.05) is 92.2 Å². The molecule has 6 rings (SSSR count). The molecule has 0 saturated carbocycles. The minimum Gasteiger partial charge on any atom is -0.318 e. The molecule has 6 aromatic rings. The van der Waals surface area contributed by atoms with Gasteiger partial charge in [-0.2, -0.15) is 0 Å². The van der Waals surface area contributed by atoms with Crippen LogP contribution in [0.25, 0.3) is 33.7 Å². The molecule has 0 amide bonds. The zero-order valence-corrected chi connectivity index (χ0v) is 23.9. The molecule has 0 spiro atoms. The third-order valence-electron chi connectivity index (χ3n) is 7.81. The first kappa shape index (κ1) is 27.1. The van der Waals surface area contributed by atoms with Crippen LogP contribution in [0.3, 0.4) is 0 Å². The maximum absolute atomic E-state index is 13.6. The normalized spacial score (nSPS) is 12.2. The van der Waals surface area contributed by atoms with E-state index in [4.69, 9.17) is 4.98 Å². The SMILES string of the molecule is CCCCc1nc2c(c(=O)n(C)c(=O)n2C(C)c2ccccc2)n1Cc1ccc(-c2ccccc2-c2nnn[nH]2)cc1. The quantitative estimate of drug-likeness (QED) is 0.273. The van der Waals surface area contributed by atoms with Crippen LogP contribution in [-0.2, 0) is 20.0 Å². The number of rotatable bonds is 9. The van der Waals surface area contributed by atoms with Crippen molar-refractivity contribution in [2.24, 2.45) is 7.05 Å². The topological polar surface area (TPSA) is 116 Å². The molecule has 42 heavy (non-hydrogen) atoms. The van der Waals surface area contributed by atoms with Crippen LogP contribution >= 0.6 is 0 Å². The van der Waals surface area contributed by atoms with Gasteiger partial charge in [-0.15, -0.1) is 5.10 Å². The van der Waals surface area contributed by atoms with Crippen molar-refractivity contribution in [1.82, 2.24) is 39.3 Å². The lowest BCUT2D eigenvalue weighted by Gasteiger charge is -2.17. The van der Waals surface area contributed by atoms with Crippen LogP contribution in [0.15, 0.2) is 88.5 Å². The molecule has 10 heteroatoms. The van der Waals surface area contributed by atoms with E-state index in [1.807, 2.05) is 66.1 Å². The maximum Gasteiger partial charge on any atom is 0.333 e. The first-order valence-corrected chi connectivity index (χ1v) is 14.2. The standard InChI is InChI=1S/C32H32N8O2/c1-4-5-15-27-33-30-28(31(41)38(3)32(42)40(30)21(2)23-11-7-6-8-12-23)39(27)20-22-16-18-24(19-17-22)25-13-9-10-14-26(25)29-34-36-37-35-29/h6-14,16-19,21H,4-5,15,20H2,1-3H3,(H,34,35,36,37). The zero-order chi connectivity index (χ0) is 29.2. The Morgan fingerprint density at radius 1 is 0.905 bits per heavy atom. The Hall–Kier alpha value is -5.12. The van der Waals surface area contributed by atoms with Gasteiger partial charge < -0.3 is 4.57 Å². The zero-order valence-electron chi connectivity index (χ0n) is 23.9. The molecular weight excluding hydrogens is 528 g/mol. The Morgan fingerprint density at radius 3 is 2.31 bits per heavy atom. The fraction of sp³-hybridized carbons (Fsp3) is 0.250. The Morgan fingerprint density at radius 2 is 1.62 bits per heavy atom. The van der Waals surface area contributed by atoms with Crippen molar-refractivity contribution in [3.05, 3.63) is 117 Å². The minimum atomic E-state index is -0.375. The summed E-state index contributed by atoms with van der Waals surface area (Å²) in [5, 5.41) is 14.4. The number of fused-ring (bicyclic) bond motifs is 1. The monoisotopic (exact) mass is 560 g/mol. The van der Waals surface area contributed by atoms with E-state index in [2.05, 4.69) is 51.8 Å². The molecule has 0 saturated heterocycles. The molecule has 0 aliphatic carbocycles. The molecule has 0 fully saturated rings. The molecule has 0 bridgehead atoms. The number of aryl methyl sites for hydroxylation is 1. The fourth-order valence-corrected chi connectivity index (χ4v) is 5.47. The summed E-state index contributed by atoms with van der Waals surface area (Å²) in [7, 11) is 1.54. The van der Waals surface area contributed by atoms with Crippen molar-refractivity contribution in [3.63, 3.8) is 0 Å². The summed E-state index contributed by atoms with van der Waals surface area (Å²) in [6.07, 6.45) is 2.62. The summed E-state index contributed by atoms with van der Waals surface area (Å²) in [4.78, 5) is 32.0. The summed E-state index contributed by atoms with van der Waals surface area (Å²) >= 11 is 0. The van der Waals surface area contributed by atoms with Gasteiger partial charge in [0.2, 0.25) is 0 Å². The minimum absolute atomic E-state index is 0.297. The Labute approximate surface area is 242 Å². The van der Waals surface area contributed by atoms with Gasteiger partial charge >= 0.3 is 5.69 Å². The lowest BCUT2D eigenvalue weighted by atomic mass is 9.98. The van der Waals surface area contributed by atoms with Gasteiger partial charge in [0.1, 0.15) is 5.82 Å². The van der Waals surface area contributed by atoms with Gasteiger partial charge in [-0.25, -0.2) is 14.9 Å². The van der Waals surface area contributed by atoms with Crippen LogP contribution in [0.4, 0.5) is 0 Å². The van der Waals surface area contributed by atoms with Gasteiger partial charge in [0.25, 0.3) is 5.56 Å². The van der Waals surface area contributed by atoms with Gasteiger partial charge in [-0.05, 0) is 46.0 Å². The number of nitrogens with one attached hydrogen (secondary N) is 1. The lowest BCUT2D eigenvalue weighted by Crippen LogP contribution is -2.40. The Bertz CT molecular complexity index is 1950. The predicted octanol–water partition coefficient (Wildman–Crippen LogP) is 4.74. The van der Waals surface area contributed by atoms with Gasteiger partial charge in [0, 0.05) is 25.6 Å². The van der Waals surface area contributed by atoms with Crippen LogP contribution in [-0.4, -0.2) is 39.3 Å². The number of aromatic amines is 1. The van der Waals surface area contributed by atoms with E-state index >= 15 is 0 Å². The number of aromatic nitrogens is 8. The highest BCUT2D eigenvalue weighted by Crippen LogP contribution is 2.30. The summed E-state index contributed by atoms with van der Waals surface area (Å²) in [5.41, 5.74) is 5.09. The molecule has 3 heterocycles. The van der Waals surface area contributed by atoms with E-state index in [1.54, 1.807) is 4.57 Å². The number of H-pyrrole nitrogens is 1. The van der Waals surface area contributed by atoms with Gasteiger partial charge in [0.05, 0.1) is 6.04 Å². The molecule has 0 radical (unpaired) electrons. The summed E-state index contributed by atoms with van der Waals surface area (Å²) in [5.74, 6) is 1.41. The number of nitrogens with zero attached hydrogens (tertiary/aromatic N) is 7. The van der Waals surface area contributed by atoms with Crippen molar-refractivity contribution in [3.8, 4) is 22.5 Å². The molecule has 0 aliphatic rings.